The zero-order chi connectivity index (χ0) is 18.8. The van der Waals surface area contributed by atoms with Crippen molar-refractivity contribution in [2.45, 2.75) is 6.54 Å². The van der Waals surface area contributed by atoms with Gasteiger partial charge in [0.15, 0.2) is 15.2 Å². The molecule has 0 N–H and O–H groups in total. The molecule has 0 radical (unpaired) electrons. The molecule has 0 spiro atoms. The van der Waals surface area contributed by atoms with Crippen molar-refractivity contribution in [1.29, 1.82) is 0 Å². The lowest BCUT2D eigenvalue weighted by atomic mass is 10.3. The van der Waals surface area contributed by atoms with Crippen molar-refractivity contribution in [2.24, 2.45) is 4.99 Å². The highest BCUT2D eigenvalue weighted by atomic mass is 79.9. The number of ether oxygens (including phenoxy) is 1. The molecule has 0 fully saturated rings. The van der Waals surface area contributed by atoms with Gasteiger partial charge in [-0.05, 0) is 34.1 Å². The van der Waals surface area contributed by atoms with E-state index in [9.17, 15) is 19.7 Å². The lowest BCUT2D eigenvalue weighted by Gasteiger charge is -2.03. The van der Waals surface area contributed by atoms with Crippen molar-refractivity contribution >= 4 is 55.0 Å². The first-order valence-electron chi connectivity index (χ1n) is 7.08. The number of rotatable bonds is 4. The highest BCUT2D eigenvalue weighted by molar-refractivity contribution is 9.10. The van der Waals surface area contributed by atoms with Gasteiger partial charge in [0.25, 0.3) is 5.69 Å². The SMILES string of the molecule is COC(=O)Cn1c(=NC(=O)c2ccc(Br)o2)sc2cc([N+](=O)[O-])ccc21. The predicted octanol–water partition coefficient (Wildman–Crippen LogP) is 2.88. The van der Waals surface area contributed by atoms with Crippen molar-refractivity contribution in [3.05, 3.63) is 55.7 Å². The average molecular weight is 440 g/mol. The minimum Gasteiger partial charge on any atom is -0.468 e. The van der Waals surface area contributed by atoms with E-state index in [1.807, 2.05) is 0 Å². The minimum absolute atomic E-state index is 0.0185. The number of carbonyl (C=O) groups excluding carboxylic acids is 2. The first kappa shape index (κ1) is 18.0. The molecule has 0 unspecified atom stereocenters. The van der Waals surface area contributed by atoms with E-state index < -0.39 is 16.8 Å². The number of nitro benzene ring substituents is 1. The third-order valence-electron chi connectivity index (χ3n) is 3.37. The van der Waals surface area contributed by atoms with Crippen LogP contribution in [-0.2, 0) is 16.1 Å². The molecule has 3 aromatic rings. The van der Waals surface area contributed by atoms with Crippen LogP contribution in [0.15, 0.2) is 44.4 Å². The van der Waals surface area contributed by atoms with Gasteiger partial charge >= 0.3 is 11.9 Å². The van der Waals surface area contributed by atoms with E-state index in [0.29, 0.717) is 14.9 Å². The average Bonchev–Trinajstić information content (AvgIpc) is 3.18. The van der Waals surface area contributed by atoms with Crippen LogP contribution in [0.2, 0.25) is 0 Å². The lowest BCUT2D eigenvalue weighted by molar-refractivity contribution is -0.384. The standard InChI is InChI=1S/C15H10BrN3O6S/c1-24-13(20)7-18-9-3-2-8(19(22)23)6-11(9)26-15(18)17-14(21)10-4-5-12(16)25-10/h2-6H,7H2,1H3. The molecule has 0 saturated heterocycles. The van der Waals surface area contributed by atoms with Crippen LogP contribution in [0.25, 0.3) is 10.2 Å². The largest absolute Gasteiger partial charge is 0.468 e. The van der Waals surface area contributed by atoms with Gasteiger partial charge in [0, 0.05) is 12.1 Å². The fraction of sp³-hybridized carbons (Fsp3) is 0.133. The van der Waals surface area contributed by atoms with Gasteiger partial charge in [0.2, 0.25) is 0 Å². The van der Waals surface area contributed by atoms with Crippen LogP contribution in [0, 0.1) is 10.1 Å². The van der Waals surface area contributed by atoms with Gasteiger partial charge in [-0.2, -0.15) is 4.99 Å². The smallest absolute Gasteiger partial charge is 0.325 e. The third-order valence-corrected chi connectivity index (χ3v) is 4.84. The van der Waals surface area contributed by atoms with Gasteiger partial charge in [-0.25, -0.2) is 0 Å². The van der Waals surface area contributed by atoms with Gasteiger partial charge in [-0.3, -0.25) is 19.7 Å². The maximum Gasteiger partial charge on any atom is 0.325 e. The molecule has 134 valence electrons. The number of nitro groups is 1. The number of furan rings is 1. The zero-order valence-corrected chi connectivity index (χ0v) is 15.6. The van der Waals surface area contributed by atoms with Gasteiger partial charge < -0.3 is 13.7 Å². The molecule has 0 aliphatic carbocycles. The van der Waals surface area contributed by atoms with Crippen LogP contribution in [0.1, 0.15) is 10.6 Å². The Balaban J connectivity index is 2.16. The summed E-state index contributed by atoms with van der Waals surface area (Å²) in [5.74, 6) is -1.17. The molecule has 0 saturated carbocycles. The molecule has 2 aromatic heterocycles. The first-order valence-corrected chi connectivity index (χ1v) is 8.69. The Bertz CT molecular complexity index is 1100. The van der Waals surface area contributed by atoms with Gasteiger partial charge in [-0.1, -0.05) is 11.3 Å². The van der Waals surface area contributed by atoms with Gasteiger partial charge in [-0.15, -0.1) is 0 Å². The van der Waals surface area contributed by atoms with E-state index in [0.717, 1.165) is 11.3 Å². The number of halogens is 1. The number of hydrogen-bond acceptors (Lipinski definition) is 7. The number of methoxy groups -OCH3 is 1. The summed E-state index contributed by atoms with van der Waals surface area (Å²) in [5, 5.41) is 11.0. The molecule has 0 aliphatic rings. The summed E-state index contributed by atoms with van der Waals surface area (Å²) in [6.45, 7) is -0.192. The molecular formula is C15H10BrN3O6S. The van der Waals surface area contributed by atoms with Crippen molar-refractivity contribution in [3.63, 3.8) is 0 Å². The Morgan fingerprint density at radius 2 is 2.15 bits per heavy atom. The van der Waals surface area contributed by atoms with Crippen LogP contribution in [0.3, 0.4) is 0 Å². The predicted molar refractivity (Wildman–Crippen MR) is 94.8 cm³/mol. The second-order valence-corrected chi connectivity index (χ2v) is 6.77. The number of amides is 1. The number of hydrogen-bond donors (Lipinski definition) is 0. The fourth-order valence-electron chi connectivity index (χ4n) is 2.18. The molecule has 3 rings (SSSR count). The summed E-state index contributed by atoms with van der Waals surface area (Å²) in [5.41, 5.74) is 0.426. The number of nitrogens with zero attached hydrogens (tertiary/aromatic N) is 3. The van der Waals surface area contributed by atoms with Gasteiger partial charge in [0.05, 0.1) is 22.2 Å². The Kier molecular flexibility index (Phi) is 5.00. The molecule has 11 heteroatoms. The quantitative estimate of drug-likeness (QED) is 0.350. The monoisotopic (exact) mass is 439 g/mol. The highest BCUT2D eigenvalue weighted by Crippen LogP contribution is 2.23. The number of esters is 1. The molecular weight excluding hydrogens is 430 g/mol. The summed E-state index contributed by atoms with van der Waals surface area (Å²) in [7, 11) is 1.24. The normalized spacial score (nSPS) is 11.7. The van der Waals surface area contributed by atoms with E-state index in [-0.39, 0.29) is 22.8 Å². The number of non-ortho nitro benzene ring substituents is 1. The zero-order valence-electron chi connectivity index (χ0n) is 13.2. The highest BCUT2D eigenvalue weighted by Gasteiger charge is 2.16. The molecule has 0 atom stereocenters. The molecule has 0 aliphatic heterocycles. The van der Waals surface area contributed by atoms with E-state index in [1.54, 1.807) is 6.07 Å². The summed E-state index contributed by atoms with van der Waals surface area (Å²) < 4.78 is 12.2. The van der Waals surface area contributed by atoms with Crippen LogP contribution < -0.4 is 4.80 Å². The Labute approximate surface area is 157 Å². The molecule has 0 bridgehead atoms. The molecule has 1 amide bonds. The van der Waals surface area contributed by atoms with Crippen molar-refractivity contribution in [1.82, 2.24) is 4.57 Å². The van der Waals surface area contributed by atoms with Crippen molar-refractivity contribution in [2.75, 3.05) is 7.11 Å². The molecule has 2 heterocycles. The van der Waals surface area contributed by atoms with E-state index in [2.05, 4.69) is 25.7 Å². The third kappa shape index (κ3) is 3.58. The minimum atomic E-state index is -0.643. The maximum atomic E-state index is 12.3. The summed E-state index contributed by atoms with van der Waals surface area (Å²) in [4.78, 5) is 38.6. The fourth-order valence-corrected chi connectivity index (χ4v) is 3.55. The second kappa shape index (κ2) is 7.22. The Morgan fingerprint density at radius 1 is 1.38 bits per heavy atom. The Morgan fingerprint density at radius 3 is 2.77 bits per heavy atom. The van der Waals surface area contributed by atoms with Crippen molar-refractivity contribution < 1.29 is 23.7 Å². The van der Waals surface area contributed by atoms with Crippen LogP contribution in [0.4, 0.5) is 5.69 Å². The van der Waals surface area contributed by atoms with E-state index in [1.165, 1.54) is 35.9 Å². The van der Waals surface area contributed by atoms with Crippen LogP contribution >= 0.6 is 27.3 Å². The molecule has 9 nitrogen and oxygen atoms in total. The number of fused-ring (bicyclic) bond motifs is 1. The summed E-state index contributed by atoms with van der Waals surface area (Å²) >= 11 is 4.15. The van der Waals surface area contributed by atoms with E-state index >= 15 is 0 Å². The summed E-state index contributed by atoms with van der Waals surface area (Å²) in [6.07, 6.45) is 0. The second-order valence-electron chi connectivity index (χ2n) is 4.98. The van der Waals surface area contributed by atoms with Crippen LogP contribution in [-0.4, -0.2) is 28.5 Å². The molecule has 26 heavy (non-hydrogen) atoms. The topological polar surface area (TPSA) is 117 Å². The molecule has 1 aromatic carbocycles. The lowest BCUT2D eigenvalue weighted by Crippen LogP contribution is -2.22. The van der Waals surface area contributed by atoms with E-state index in [4.69, 9.17) is 4.42 Å². The number of carbonyl (C=O) groups is 2. The summed E-state index contributed by atoms with van der Waals surface area (Å²) in [6, 6.07) is 7.19. The number of thiazole rings is 1. The number of aromatic nitrogens is 1. The first-order chi connectivity index (χ1) is 12.4. The number of benzene rings is 1. The van der Waals surface area contributed by atoms with Crippen molar-refractivity contribution in [3.8, 4) is 0 Å². The maximum absolute atomic E-state index is 12.3. The Hall–Kier alpha value is -2.79. The van der Waals surface area contributed by atoms with Crippen LogP contribution in [0.5, 0.6) is 0 Å². The van der Waals surface area contributed by atoms with Gasteiger partial charge in [0.1, 0.15) is 6.54 Å².